The lowest BCUT2D eigenvalue weighted by molar-refractivity contribution is 0.415. The van der Waals surface area contributed by atoms with Crippen LogP contribution in [0.4, 0.5) is 0 Å². The van der Waals surface area contributed by atoms with E-state index in [2.05, 4.69) is 15.9 Å². The van der Waals surface area contributed by atoms with E-state index in [4.69, 9.17) is 4.74 Å². The van der Waals surface area contributed by atoms with Crippen LogP contribution in [0.3, 0.4) is 0 Å². The Hall–Kier alpha value is -1.65. The smallest absolute Gasteiger partial charge is 0.188 e. The molecule has 2 aromatic carbocycles. The van der Waals surface area contributed by atoms with Gasteiger partial charge in [0, 0.05) is 25.5 Å². The van der Waals surface area contributed by atoms with Crippen LogP contribution in [0.1, 0.15) is 0 Å². The molecule has 0 aliphatic carbocycles. The predicted octanol–water partition coefficient (Wildman–Crippen LogP) is 4.70. The van der Waals surface area contributed by atoms with Crippen LogP contribution in [0.5, 0.6) is 5.75 Å². The molecule has 3 aromatic rings. The van der Waals surface area contributed by atoms with Gasteiger partial charge in [-0.3, -0.25) is 4.79 Å². The van der Waals surface area contributed by atoms with Crippen molar-refractivity contribution in [2.45, 2.75) is 0 Å². The summed E-state index contributed by atoms with van der Waals surface area (Å²) in [5.74, 6) is 0.810. The Labute approximate surface area is 128 Å². The lowest BCUT2D eigenvalue weighted by atomic mass is 10.1. The standard InChI is InChI=1S/C16H11BrO2S/c1-19-12-5-2-10(3-6-12)15-9-14(18)13-7-4-11(17)8-16(13)20-15/h2-9H,1H3. The van der Waals surface area contributed by atoms with Crippen molar-refractivity contribution in [2.24, 2.45) is 0 Å². The van der Waals surface area contributed by atoms with Crippen molar-refractivity contribution in [2.75, 3.05) is 7.11 Å². The largest absolute Gasteiger partial charge is 0.497 e. The molecule has 1 heterocycles. The molecule has 0 N–H and O–H groups in total. The fourth-order valence-corrected chi connectivity index (χ4v) is 3.66. The summed E-state index contributed by atoms with van der Waals surface area (Å²) < 4.78 is 7.11. The van der Waals surface area contributed by atoms with Gasteiger partial charge < -0.3 is 4.74 Å². The fraction of sp³-hybridized carbons (Fsp3) is 0.0625. The van der Waals surface area contributed by atoms with Crippen LogP contribution in [-0.4, -0.2) is 7.11 Å². The SMILES string of the molecule is COc1ccc(-c2cc(=O)c3ccc(Br)cc3s2)cc1. The molecule has 0 unspecified atom stereocenters. The monoisotopic (exact) mass is 346 g/mol. The lowest BCUT2D eigenvalue weighted by Crippen LogP contribution is -1.98. The Morgan fingerprint density at radius 3 is 2.50 bits per heavy atom. The van der Waals surface area contributed by atoms with Gasteiger partial charge in [0.05, 0.1) is 7.11 Å². The Morgan fingerprint density at radius 2 is 1.80 bits per heavy atom. The van der Waals surface area contributed by atoms with Crippen LogP contribution in [0.25, 0.3) is 20.5 Å². The van der Waals surface area contributed by atoms with E-state index in [1.165, 1.54) is 0 Å². The van der Waals surface area contributed by atoms with Crippen molar-refractivity contribution < 1.29 is 4.74 Å². The summed E-state index contributed by atoms with van der Waals surface area (Å²) in [6, 6.07) is 15.2. The highest BCUT2D eigenvalue weighted by Crippen LogP contribution is 2.30. The van der Waals surface area contributed by atoms with Crippen LogP contribution >= 0.6 is 27.3 Å². The summed E-state index contributed by atoms with van der Waals surface area (Å²) in [7, 11) is 1.64. The second-order valence-electron chi connectivity index (χ2n) is 4.34. The van der Waals surface area contributed by atoms with Crippen LogP contribution in [0, 0.1) is 0 Å². The minimum Gasteiger partial charge on any atom is -0.497 e. The maximum atomic E-state index is 12.2. The Balaban J connectivity index is 2.18. The van der Waals surface area contributed by atoms with E-state index in [9.17, 15) is 4.79 Å². The molecule has 0 radical (unpaired) electrons. The van der Waals surface area contributed by atoms with Crippen molar-refractivity contribution in [3.63, 3.8) is 0 Å². The van der Waals surface area contributed by atoms with Crippen LogP contribution < -0.4 is 10.2 Å². The zero-order chi connectivity index (χ0) is 14.1. The Bertz CT molecular complexity index is 822. The van der Waals surface area contributed by atoms with Gasteiger partial charge in [-0.1, -0.05) is 15.9 Å². The number of benzene rings is 2. The van der Waals surface area contributed by atoms with Gasteiger partial charge in [0.25, 0.3) is 0 Å². The molecule has 2 nitrogen and oxygen atoms in total. The Morgan fingerprint density at radius 1 is 1.05 bits per heavy atom. The Kier molecular flexibility index (Phi) is 3.59. The topological polar surface area (TPSA) is 26.3 Å². The third-order valence-electron chi connectivity index (χ3n) is 3.07. The van der Waals surface area contributed by atoms with Gasteiger partial charge in [-0.05, 0) is 48.0 Å². The molecule has 0 spiro atoms. The zero-order valence-corrected chi connectivity index (χ0v) is 13.1. The number of hydrogen-bond acceptors (Lipinski definition) is 3. The molecule has 3 rings (SSSR count). The van der Waals surface area contributed by atoms with Crippen molar-refractivity contribution in [1.29, 1.82) is 0 Å². The van der Waals surface area contributed by atoms with E-state index < -0.39 is 0 Å². The van der Waals surface area contributed by atoms with Gasteiger partial charge in [-0.25, -0.2) is 0 Å². The molecule has 4 heteroatoms. The van der Waals surface area contributed by atoms with Crippen LogP contribution in [-0.2, 0) is 0 Å². The average Bonchev–Trinajstić information content (AvgIpc) is 2.46. The summed E-state index contributed by atoms with van der Waals surface area (Å²) in [5, 5.41) is 0.760. The summed E-state index contributed by atoms with van der Waals surface area (Å²) in [6.45, 7) is 0. The quantitative estimate of drug-likeness (QED) is 0.672. The van der Waals surface area contributed by atoms with Gasteiger partial charge in [-0.2, -0.15) is 0 Å². The minimum atomic E-state index is 0.0528. The first-order valence-corrected chi connectivity index (χ1v) is 7.66. The van der Waals surface area contributed by atoms with Gasteiger partial charge in [0.2, 0.25) is 0 Å². The second-order valence-corrected chi connectivity index (χ2v) is 6.34. The molecule has 0 fully saturated rings. The number of halogens is 1. The molecule has 0 amide bonds. The van der Waals surface area contributed by atoms with E-state index in [1.54, 1.807) is 24.5 Å². The van der Waals surface area contributed by atoms with E-state index in [0.29, 0.717) is 0 Å². The summed E-state index contributed by atoms with van der Waals surface area (Å²) in [4.78, 5) is 13.1. The highest BCUT2D eigenvalue weighted by atomic mass is 79.9. The van der Waals surface area contributed by atoms with Gasteiger partial charge in [-0.15, -0.1) is 11.3 Å². The van der Waals surface area contributed by atoms with Crippen molar-refractivity contribution in [1.82, 2.24) is 0 Å². The molecule has 0 aliphatic rings. The molecule has 0 bridgehead atoms. The normalized spacial score (nSPS) is 10.7. The molecule has 1 aromatic heterocycles. The molecule has 20 heavy (non-hydrogen) atoms. The van der Waals surface area contributed by atoms with E-state index in [-0.39, 0.29) is 5.43 Å². The second kappa shape index (κ2) is 5.38. The highest BCUT2D eigenvalue weighted by Gasteiger charge is 2.06. The lowest BCUT2D eigenvalue weighted by Gasteiger charge is -2.04. The number of ether oxygens (including phenoxy) is 1. The van der Waals surface area contributed by atoms with E-state index in [1.807, 2.05) is 42.5 Å². The first-order valence-electron chi connectivity index (χ1n) is 6.05. The first-order chi connectivity index (χ1) is 9.67. The zero-order valence-electron chi connectivity index (χ0n) is 10.7. The molecule has 100 valence electrons. The molecule has 0 saturated heterocycles. The van der Waals surface area contributed by atoms with Crippen molar-refractivity contribution in [3.8, 4) is 16.2 Å². The molecular formula is C16H11BrO2S. The van der Waals surface area contributed by atoms with Crippen molar-refractivity contribution in [3.05, 3.63) is 63.2 Å². The summed E-state index contributed by atoms with van der Waals surface area (Å²) in [5.41, 5.74) is 1.08. The summed E-state index contributed by atoms with van der Waals surface area (Å²) in [6.07, 6.45) is 0. The van der Waals surface area contributed by atoms with E-state index in [0.717, 1.165) is 30.7 Å². The third-order valence-corrected chi connectivity index (χ3v) is 4.69. The molecule has 0 saturated carbocycles. The summed E-state index contributed by atoms with van der Waals surface area (Å²) >= 11 is 5.06. The van der Waals surface area contributed by atoms with Gasteiger partial charge >= 0.3 is 0 Å². The predicted molar refractivity (Wildman–Crippen MR) is 87.8 cm³/mol. The molecule has 0 aliphatic heterocycles. The van der Waals surface area contributed by atoms with E-state index >= 15 is 0 Å². The van der Waals surface area contributed by atoms with Crippen LogP contribution in [0.2, 0.25) is 0 Å². The molecule has 0 atom stereocenters. The highest BCUT2D eigenvalue weighted by molar-refractivity contribution is 9.10. The first kappa shape index (κ1) is 13.3. The minimum absolute atomic E-state index is 0.0528. The number of hydrogen-bond donors (Lipinski definition) is 0. The fourth-order valence-electron chi connectivity index (χ4n) is 2.03. The average molecular weight is 347 g/mol. The van der Waals surface area contributed by atoms with Crippen LogP contribution in [0.15, 0.2) is 57.8 Å². The third kappa shape index (κ3) is 2.49. The van der Waals surface area contributed by atoms with Gasteiger partial charge in [0.15, 0.2) is 5.43 Å². The molecular weight excluding hydrogens is 336 g/mol. The maximum Gasteiger partial charge on any atom is 0.188 e. The number of rotatable bonds is 2. The number of fused-ring (bicyclic) bond motifs is 1. The number of methoxy groups -OCH3 is 1. The van der Waals surface area contributed by atoms with Crippen molar-refractivity contribution >= 4 is 37.4 Å². The maximum absolute atomic E-state index is 12.2. The van der Waals surface area contributed by atoms with Gasteiger partial charge in [0.1, 0.15) is 5.75 Å².